The van der Waals surface area contributed by atoms with Crippen LogP contribution in [-0.2, 0) is 17.8 Å². The van der Waals surface area contributed by atoms with Gasteiger partial charge in [-0.1, -0.05) is 6.92 Å². The molecule has 0 unspecified atom stereocenters. The molecule has 0 radical (unpaired) electrons. The van der Waals surface area contributed by atoms with E-state index in [0.29, 0.717) is 42.8 Å². The maximum Gasteiger partial charge on any atom is 0.487 e. The molecule has 0 saturated heterocycles. The van der Waals surface area contributed by atoms with Crippen LogP contribution in [0.4, 0.5) is 14.5 Å². The van der Waals surface area contributed by atoms with Crippen molar-refractivity contribution in [2.75, 3.05) is 11.9 Å². The summed E-state index contributed by atoms with van der Waals surface area (Å²) in [6.45, 7) is 4.70. The van der Waals surface area contributed by atoms with Crippen LogP contribution in [0.2, 0.25) is 0 Å². The first-order valence-corrected chi connectivity index (χ1v) is 14.4. The number of imidazole rings is 1. The molecule has 0 bridgehead atoms. The second kappa shape index (κ2) is 10.5. The zero-order valence-electron chi connectivity index (χ0n) is 23.6. The SMILES string of the molecule is CCC(=O)n1cc2c(n1)-c1cc(-c3cc(C(=O)Nc4ccc(OC(F)(F)Cl)cc4)cc4nc5n(c34)[C@H](C)COC5)cnc1C2. The molecule has 5 aromatic rings. The van der Waals surface area contributed by atoms with E-state index >= 15 is 0 Å². The molecule has 2 aliphatic rings. The lowest BCUT2D eigenvalue weighted by atomic mass is 9.99. The second-order valence-electron chi connectivity index (χ2n) is 10.8. The summed E-state index contributed by atoms with van der Waals surface area (Å²) in [6, 6.07) is 11.0. The average molecular weight is 619 g/mol. The van der Waals surface area contributed by atoms with Crippen LogP contribution in [-0.4, -0.2) is 48.3 Å². The molecule has 10 nitrogen and oxygen atoms in total. The van der Waals surface area contributed by atoms with Crippen molar-refractivity contribution in [3.63, 3.8) is 0 Å². The van der Waals surface area contributed by atoms with Gasteiger partial charge in [-0.25, -0.2) is 9.67 Å². The quantitative estimate of drug-likeness (QED) is 0.214. The fourth-order valence-electron chi connectivity index (χ4n) is 5.77. The fourth-order valence-corrected chi connectivity index (χ4v) is 5.86. The van der Waals surface area contributed by atoms with Crippen LogP contribution in [0, 0.1) is 0 Å². The fraction of sp³-hybridized carbons (Fsp3) is 0.258. The minimum atomic E-state index is -3.84. The molecule has 7 rings (SSSR count). The van der Waals surface area contributed by atoms with E-state index in [4.69, 9.17) is 26.3 Å². The monoisotopic (exact) mass is 618 g/mol. The Balaban J connectivity index is 1.30. The number of pyridine rings is 1. The van der Waals surface area contributed by atoms with Crippen molar-refractivity contribution in [3.8, 4) is 28.1 Å². The Morgan fingerprint density at radius 2 is 1.98 bits per heavy atom. The molecule has 1 atom stereocenters. The Bertz CT molecular complexity index is 1960. The van der Waals surface area contributed by atoms with Crippen LogP contribution in [0.25, 0.3) is 33.4 Å². The molecule has 44 heavy (non-hydrogen) atoms. The van der Waals surface area contributed by atoms with Gasteiger partial charge in [0.1, 0.15) is 18.2 Å². The van der Waals surface area contributed by atoms with Crippen molar-refractivity contribution in [3.05, 3.63) is 77.5 Å². The average Bonchev–Trinajstić information content (AvgIpc) is 3.67. The van der Waals surface area contributed by atoms with Gasteiger partial charge in [0.25, 0.3) is 5.91 Å². The summed E-state index contributed by atoms with van der Waals surface area (Å²) in [5.74, 6) is 0.0833. The van der Waals surface area contributed by atoms with Crippen molar-refractivity contribution in [2.24, 2.45) is 0 Å². The number of aromatic nitrogens is 5. The van der Waals surface area contributed by atoms with Crippen molar-refractivity contribution >= 4 is 40.1 Å². The van der Waals surface area contributed by atoms with Gasteiger partial charge >= 0.3 is 5.57 Å². The summed E-state index contributed by atoms with van der Waals surface area (Å²) in [4.78, 5) is 35.4. The first-order chi connectivity index (χ1) is 21.1. The maximum atomic E-state index is 13.5. The lowest BCUT2D eigenvalue weighted by molar-refractivity contribution is -0.0964. The third kappa shape index (κ3) is 4.99. The number of nitrogens with one attached hydrogen (secondary N) is 1. The van der Waals surface area contributed by atoms with E-state index in [2.05, 4.69) is 19.7 Å². The number of alkyl halides is 3. The molecule has 0 fully saturated rings. The number of halogens is 3. The Labute approximate surface area is 254 Å². The number of hydrogen-bond donors (Lipinski definition) is 1. The number of carbonyl (C=O) groups excluding carboxylic acids is 2. The summed E-state index contributed by atoms with van der Waals surface area (Å²) in [5, 5.41) is 7.36. The molecule has 13 heteroatoms. The Kier molecular flexibility index (Phi) is 6.70. The largest absolute Gasteiger partial charge is 0.487 e. The molecule has 3 aromatic heterocycles. The number of ether oxygens (including phenoxy) is 2. The van der Waals surface area contributed by atoms with Crippen LogP contribution in [0.15, 0.2) is 54.9 Å². The summed E-state index contributed by atoms with van der Waals surface area (Å²) in [5.41, 5.74) is 3.20. The number of benzene rings is 2. The summed E-state index contributed by atoms with van der Waals surface area (Å²) < 4.78 is 39.6. The van der Waals surface area contributed by atoms with E-state index in [-0.39, 0.29) is 17.7 Å². The van der Waals surface area contributed by atoms with Gasteiger partial charge in [-0.05, 0) is 49.4 Å². The number of rotatable bonds is 6. The summed E-state index contributed by atoms with van der Waals surface area (Å²) >= 11 is 4.84. The number of fused-ring (bicyclic) bond motifs is 6. The molecule has 1 N–H and O–H groups in total. The van der Waals surface area contributed by atoms with Crippen LogP contribution in [0.3, 0.4) is 0 Å². The minimum Gasteiger partial charge on any atom is -0.420 e. The van der Waals surface area contributed by atoms with Crippen LogP contribution in [0.5, 0.6) is 5.75 Å². The highest BCUT2D eigenvalue weighted by Gasteiger charge is 2.29. The predicted molar refractivity (Wildman–Crippen MR) is 158 cm³/mol. The Morgan fingerprint density at radius 3 is 2.73 bits per heavy atom. The predicted octanol–water partition coefficient (Wildman–Crippen LogP) is 6.43. The van der Waals surface area contributed by atoms with Gasteiger partial charge in [-0.3, -0.25) is 14.6 Å². The molecule has 1 amide bonds. The third-order valence-electron chi connectivity index (χ3n) is 7.74. The van der Waals surface area contributed by atoms with Gasteiger partial charge in [-0.15, -0.1) is 8.78 Å². The van der Waals surface area contributed by atoms with Crippen molar-refractivity contribution in [1.29, 1.82) is 0 Å². The molecule has 1 aliphatic carbocycles. The van der Waals surface area contributed by atoms with Crippen LogP contribution >= 0.6 is 11.6 Å². The molecule has 224 valence electrons. The molecule has 2 aromatic carbocycles. The van der Waals surface area contributed by atoms with Gasteiger partial charge in [0.2, 0.25) is 5.91 Å². The smallest absolute Gasteiger partial charge is 0.420 e. The van der Waals surface area contributed by atoms with Gasteiger partial charge in [-0.2, -0.15) is 5.10 Å². The summed E-state index contributed by atoms with van der Waals surface area (Å²) in [6.07, 6.45) is 4.46. The first kappa shape index (κ1) is 28.1. The number of carbonyl (C=O) groups is 2. The minimum absolute atomic E-state index is 0.00742. The number of anilines is 1. The maximum absolute atomic E-state index is 13.5. The zero-order valence-corrected chi connectivity index (χ0v) is 24.4. The number of hydrogen-bond acceptors (Lipinski definition) is 7. The van der Waals surface area contributed by atoms with Crippen molar-refractivity contribution in [2.45, 2.75) is 44.9 Å². The summed E-state index contributed by atoms with van der Waals surface area (Å²) in [7, 11) is 0. The lowest BCUT2D eigenvalue weighted by Gasteiger charge is -2.23. The standard InChI is InChI=1S/C31H25ClF2N6O4/c1-3-27(41)39-13-19-11-24-23(28(19)38-39)9-18(12-35-24)22-8-17(10-25-29(22)40-16(2)14-43-15-26(40)37-25)30(42)36-20-4-6-21(7-5-20)44-31(32,33)34/h4-10,12-13,16H,3,11,14-15H2,1-2H3,(H,36,42)/t16-/m1/s1. The molecule has 4 heterocycles. The number of amides is 1. The highest BCUT2D eigenvalue weighted by Crippen LogP contribution is 2.40. The van der Waals surface area contributed by atoms with E-state index in [1.54, 1.807) is 31.5 Å². The second-order valence-corrected chi connectivity index (χ2v) is 11.2. The van der Waals surface area contributed by atoms with Gasteiger partial charge in [0.15, 0.2) is 0 Å². The lowest BCUT2D eigenvalue weighted by Crippen LogP contribution is -2.21. The Morgan fingerprint density at radius 1 is 1.18 bits per heavy atom. The van der Waals surface area contributed by atoms with E-state index in [0.717, 1.165) is 45.0 Å². The van der Waals surface area contributed by atoms with E-state index < -0.39 is 11.5 Å². The Hall–Kier alpha value is -4.68. The normalized spacial score (nSPS) is 15.5. The molecule has 0 saturated carbocycles. The van der Waals surface area contributed by atoms with Crippen LogP contribution in [0.1, 0.15) is 58.5 Å². The molecule has 1 aliphatic heterocycles. The molecular formula is C31H25ClF2N6O4. The van der Waals surface area contributed by atoms with E-state index in [9.17, 15) is 18.4 Å². The van der Waals surface area contributed by atoms with Crippen molar-refractivity contribution < 1.29 is 27.8 Å². The van der Waals surface area contributed by atoms with Gasteiger partial charge in [0, 0.05) is 70.3 Å². The third-order valence-corrected chi connectivity index (χ3v) is 7.82. The molecule has 0 spiro atoms. The van der Waals surface area contributed by atoms with Crippen molar-refractivity contribution in [1.82, 2.24) is 24.3 Å². The van der Waals surface area contributed by atoms with E-state index in [1.165, 1.54) is 28.9 Å². The molecular weight excluding hydrogens is 594 g/mol. The highest BCUT2D eigenvalue weighted by atomic mass is 35.5. The van der Waals surface area contributed by atoms with E-state index in [1.807, 2.05) is 13.0 Å². The number of nitrogens with zero attached hydrogens (tertiary/aromatic N) is 5. The zero-order chi connectivity index (χ0) is 30.7. The highest BCUT2D eigenvalue weighted by molar-refractivity contribution is 6.20. The van der Waals surface area contributed by atoms with Crippen LogP contribution < -0.4 is 10.1 Å². The first-order valence-electron chi connectivity index (χ1n) is 14.0. The van der Waals surface area contributed by atoms with Gasteiger partial charge < -0.3 is 19.4 Å². The topological polar surface area (TPSA) is 113 Å². The van der Waals surface area contributed by atoms with Gasteiger partial charge in [0.05, 0.1) is 35.1 Å².